The lowest BCUT2D eigenvalue weighted by atomic mass is 10.2. The molecule has 0 bridgehead atoms. The van der Waals surface area contributed by atoms with Gasteiger partial charge in [0.25, 0.3) is 0 Å². The molecule has 0 radical (unpaired) electrons. The number of halogens is 2. The number of alkyl halides is 1. The average Bonchev–Trinajstić information content (AvgIpc) is 2.03. The van der Waals surface area contributed by atoms with E-state index in [4.69, 9.17) is 16.3 Å². The second-order valence-electron chi connectivity index (χ2n) is 2.13. The van der Waals surface area contributed by atoms with Gasteiger partial charge in [0.15, 0.2) is 0 Å². The van der Waals surface area contributed by atoms with Crippen LogP contribution in [0.2, 0.25) is 5.02 Å². The number of hydrogen-bond donors (Lipinski definition) is 0. The maximum absolute atomic E-state index is 5.81. The molecular weight excluding hydrogens is 227 g/mol. The summed E-state index contributed by atoms with van der Waals surface area (Å²) in [4.78, 5) is 0. The molecule has 0 fully saturated rings. The van der Waals surface area contributed by atoms with Gasteiger partial charge in [-0.2, -0.15) is 0 Å². The Morgan fingerprint density at radius 3 is 2.73 bits per heavy atom. The third kappa shape index (κ3) is 2.38. The molecule has 0 aliphatic rings. The Morgan fingerprint density at radius 1 is 1.45 bits per heavy atom. The van der Waals surface area contributed by atoms with E-state index in [1.165, 1.54) is 0 Å². The summed E-state index contributed by atoms with van der Waals surface area (Å²) in [5.74, 6) is 0.798. The van der Waals surface area contributed by atoms with Crippen LogP contribution in [0.1, 0.15) is 5.56 Å². The standard InChI is InChI=1S/C8H8BrClO/c1-11-8-3-6(5-9)2-7(10)4-8/h2-4H,5H2,1H3. The highest BCUT2D eigenvalue weighted by molar-refractivity contribution is 9.08. The SMILES string of the molecule is COc1cc(Cl)cc(CBr)c1. The number of methoxy groups -OCH3 is 1. The number of ether oxygens (including phenoxy) is 1. The summed E-state index contributed by atoms with van der Waals surface area (Å²) in [6.45, 7) is 0. The van der Waals surface area contributed by atoms with Crippen LogP contribution in [0, 0.1) is 0 Å². The Morgan fingerprint density at radius 2 is 2.18 bits per heavy atom. The summed E-state index contributed by atoms with van der Waals surface area (Å²) < 4.78 is 5.03. The van der Waals surface area contributed by atoms with Crippen molar-refractivity contribution in [1.82, 2.24) is 0 Å². The highest BCUT2D eigenvalue weighted by atomic mass is 79.9. The lowest BCUT2D eigenvalue weighted by molar-refractivity contribution is 0.414. The topological polar surface area (TPSA) is 9.23 Å². The molecule has 0 spiro atoms. The minimum absolute atomic E-state index is 0.707. The summed E-state index contributed by atoms with van der Waals surface area (Å²) in [6, 6.07) is 5.63. The largest absolute Gasteiger partial charge is 0.497 e. The molecule has 0 aromatic heterocycles. The van der Waals surface area contributed by atoms with Crippen LogP contribution >= 0.6 is 27.5 Å². The molecule has 0 saturated carbocycles. The van der Waals surface area contributed by atoms with Crippen molar-refractivity contribution in [2.45, 2.75) is 5.33 Å². The van der Waals surface area contributed by atoms with Crippen molar-refractivity contribution >= 4 is 27.5 Å². The Bertz CT molecular complexity index is 228. The minimum atomic E-state index is 0.707. The van der Waals surface area contributed by atoms with Gasteiger partial charge < -0.3 is 4.74 Å². The Labute approximate surface area is 79.4 Å². The van der Waals surface area contributed by atoms with E-state index in [0.29, 0.717) is 5.02 Å². The molecule has 1 aromatic carbocycles. The van der Waals surface area contributed by atoms with Gasteiger partial charge in [0, 0.05) is 10.4 Å². The molecule has 1 aromatic rings. The monoisotopic (exact) mass is 234 g/mol. The van der Waals surface area contributed by atoms with E-state index in [0.717, 1.165) is 16.6 Å². The van der Waals surface area contributed by atoms with E-state index in [-0.39, 0.29) is 0 Å². The molecule has 11 heavy (non-hydrogen) atoms. The van der Waals surface area contributed by atoms with E-state index in [1.807, 2.05) is 12.1 Å². The Kier molecular flexibility index (Phi) is 3.21. The lowest BCUT2D eigenvalue weighted by Gasteiger charge is -2.02. The summed E-state index contributed by atoms with van der Waals surface area (Å²) >= 11 is 9.15. The van der Waals surface area contributed by atoms with Crippen LogP contribution < -0.4 is 4.74 Å². The van der Waals surface area contributed by atoms with Crippen molar-refractivity contribution in [2.75, 3.05) is 7.11 Å². The van der Waals surface area contributed by atoms with Crippen molar-refractivity contribution in [3.05, 3.63) is 28.8 Å². The Balaban J connectivity index is 3.02. The second kappa shape index (κ2) is 3.98. The maximum atomic E-state index is 5.81. The number of benzene rings is 1. The molecular formula is C8H8BrClO. The van der Waals surface area contributed by atoms with Gasteiger partial charge in [-0.15, -0.1) is 0 Å². The molecule has 60 valence electrons. The molecule has 0 saturated heterocycles. The fourth-order valence-corrected chi connectivity index (χ4v) is 1.39. The van der Waals surface area contributed by atoms with E-state index >= 15 is 0 Å². The highest BCUT2D eigenvalue weighted by Gasteiger charge is 1.97. The maximum Gasteiger partial charge on any atom is 0.120 e. The van der Waals surface area contributed by atoms with Crippen molar-refractivity contribution < 1.29 is 4.74 Å². The van der Waals surface area contributed by atoms with Crippen LogP contribution in [0.25, 0.3) is 0 Å². The van der Waals surface area contributed by atoms with E-state index < -0.39 is 0 Å². The fourth-order valence-electron chi connectivity index (χ4n) is 0.816. The predicted octanol–water partition coefficient (Wildman–Crippen LogP) is 3.24. The zero-order valence-electron chi connectivity index (χ0n) is 6.10. The molecule has 0 heterocycles. The molecule has 1 nitrogen and oxygen atoms in total. The van der Waals surface area contributed by atoms with Crippen molar-refractivity contribution in [3.63, 3.8) is 0 Å². The molecule has 0 unspecified atom stereocenters. The first kappa shape index (κ1) is 8.88. The average molecular weight is 236 g/mol. The minimum Gasteiger partial charge on any atom is -0.497 e. The summed E-state index contributed by atoms with van der Waals surface area (Å²) in [7, 11) is 1.63. The first-order valence-electron chi connectivity index (χ1n) is 3.15. The molecule has 1 rings (SSSR count). The first-order valence-corrected chi connectivity index (χ1v) is 4.65. The zero-order chi connectivity index (χ0) is 8.27. The number of rotatable bonds is 2. The van der Waals surface area contributed by atoms with Crippen LogP contribution in [-0.2, 0) is 5.33 Å². The lowest BCUT2D eigenvalue weighted by Crippen LogP contribution is -1.84. The van der Waals surface area contributed by atoms with E-state index in [1.54, 1.807) is 13.2 Å². The number of hydrogen-bond acceptors (Lipinski definition) is 1. The van der Waals surface area contributed by atoms with Crippen molar-refractivity contribution in [3.8, 4) is 5.75 Å². The van der Waals surface area contributed by atoms with Crippen molar-refractivity contribution in [1.29, 1.82) is 0 Å². The van der Waals surface area contributed by atoms with Crippen LogP contribution in [0.4, 0.5) is 0 Å². The summed E-state index contributed by atoms with van der Waals surface area (Å²) in [5.41, 5.74) is 1.12. The van der Waals surface area contributed by atoms with Gasteiger partial charge in [0.05, 0.1) is 7.11 Å². The van der Waals surface area contributed by atoms with Crippen molar-refractivity contribution in [2.24, 2.45) is 0 Å². The van der Waals surface area contributed by atoms with Gasteiger partial charge in [-0.3, -0.25) is 0 Å². The molecule has 0 atom stereocenters. The second-order valence-corrected chi connectivity index (χ2v) is 3.13. The Hall–Kier alpha value is -0.210. The van der Waals surface area contributed by atoms with Gasteiger partial charge in [0.2, 0.25) is 0 Å². The predicted molar refractivity (Wildman–Crippen MR) is 50.6 cm³/mol. The van der Waals surface area contributed by atoms with Gasteiger partial charge in [-0.05, 0) is 23.8 Å². The molecule has 0 amide bonds. The van der Waals surface area contributed by atoms with E-state index in [2.05, 4.69) is 15.9 Å². The van der Waals surface area contributed by atoms with E-state index in [9.17, 15) is 0 Å². The summed E-state index contributed by atoms with van der Waals surface area (Å²) in [5, 5.41) is 1.50. The molecule has 3 heteroatoms. The quantitative estimate of drug-likeness (QED) is 0.715. The molecule has 0 aliphatic carbocycles. The normalized spacial score (nSPS) is 9.73. The van der Waals surface area contributed by atoms with Gasteiger partial charge in [-0.1, -0.05) is 27.5 Å². The highest BCUT2D eigenvalue weighted by Crippen LogP contribution is 2.21. The fraction of sp³-hybridized carbons (Fsp3) is 0.250. The third-order valence-corrected chi connectivity index (χ3v) is 2.19. The van der Waals surface area contributed by atoms with Crippen LogP contribution in [0.3, 0.4) is 0 Å². The van der Waals surface area contributed by atoms with Crippen LogP contribution in [0.15, 0.2) is 18.2 Å². The van der Waals surface area contributed by atoms with Crippen LogP contribution in [-0.4, -0.2) is 7.11 Å². The van der Waals surface area contributed by atoms with Gasteiger partial charge >= 0.3 is 0 Å². The van der Waals surface area contributed by atoms with Gasteiger partial charge in [0.1, 0.15) is 5.75 Å². The zero-order valence-corrected chi connectivity index (χ0v) is 8.45. The first-order chi connectivity index (χ1) is 5.26. The smallest absolute Gasteiger partial charge is 0.120 e. The third-order valence-electron chi connectivity index (χ3n) is 1.32. The summed E-state index contributed by atoms with van der Waals surface area (Å²) in [6.07, 6.45) is 0. The van der Waals surface area contributed by atoms with Crippen LogP contribution in [0.5, 0.6) is 5.75 Å². The molecule has 0 N–H and O–H groups in total. The van der Waals surface area contributed by atoms with Gasteiger partial charge in [-0.25, -0.2) is 0 Å². The molecule has 0 aliphatic heterocycles.